The van der Waals surface area contributed by atoms with Crippen LogP contribution in [0.4, 0.5) is 24.8 Å². The number of halogens is 3. The topological polar surface area (TPSA) is 77.0 Å². The Hall–Kier alpha value is -2.25. The second-order valence-corrected chi connectivity index (χ2v) is 4.27. The van der Waals surface area contributed by atoms with Crippen molar-refractivity contribution in [2.24, 2.45) is 0 Å². The average Bonchev–Trinajstić information content (AvgIpc) is 2.65. The van der Waals surface area contributed by atoms with E-state index in [-0.39, 0.29) is 18.2 Å². The largest absolute Gasteiger partial charge is 0.444 e. The third kappa shape index (κ3) is 3.19. The van der Waals surface area contributed by atoms with Crippen LogP contribution in [-0.2, 0) is 12.7 Å². The molecule has 3 N–H and O–H groups in total. The van der Waals surface area contributed by atoms with Gasteiger partial charge in [0.2, 0.25) is 5.89 Å². The van der Waals surface area contributed by atoms with Crippen LogP contribution in [-0.4, -0.2) is 9.97 Å². The number of nitrogens with one attached hydrogen (secondary N) is 1. The molecule has 0 bridgehead atoms. The van der Waals surface area contributed by atoms with Gasteiger partial charge in [-0.1, -0.05) is 0 Å². The van der Waals surface area contributed by atoms with E-state index in [1.54, 1.807) is 13.8 Å². The molecule has 2 aromatic heterocycles. The van der Waals surface area contributed by atoms with E-state index in [4.69, 9.17) is 10.2 Å². The van der Waals surface area contributed by atoms with E-state index < -0.39 is 11.7 Å². The van der Waals surface area contributed by atoms with Crippen LogP contribution < -0.4 is 11.1 Å². The zero-order chi connectivity index (χ0) is 14.9. The minimum atomic E-state index is -4.47. The minimum absolute atomic E-state index is 0.0193. The molecule has 0 fully saturated rings. The Morgan fingerprint density at radius 1 is 1.25 bits per heavy atom. The smallest absolute Gasteiger partial charge is 0.416 e. The minimum Gasteiger partial charge on any atom is -0.444 e. The lowest BCUT2D eigenvalue weighted by molar-refractivity contribution is -0.137. The molecule has 20 heavy (non-hydrogen) atoms. The molecular formula is C12H13F3N4O. The highest BCUT2D eigenvalue weighted by Crippen LogP contribution is 2.31. The number of hydrogen-bond acceptors (Lipinski definition) is 5. The first-order valence-electron chi connectivity index (χ1n) is 5.77. The molecule has 2 aromatic rings. The fraction of sp³-hybridized carbons (Fsp3) is 0.333. The Labute approximate surface area is 113 Å². The van der Waals surface area contributed by atoms with Crippen molar-refractivity contribution in [2.75, 3.05) is 11.1 Å². The number of nitrogens with zero attached hydrogens (tertiary/aromatic N) is 2. The molecule has 108 valence electrons. The Kier molecular flexibility index (Phi) is 3.56. The summed E-state index contributed by atoms with van der Waals surface area (Å²) in [6.07, 6.45) is -4.47. The summed E-state index contributed by atoms with van der Waals surface area (Å²) in [5.41, 5.74) is 5.24. The van der Waals surface area contributed by atoms with Crippen LogP contribution in [0.5, 0.6) is 0 Å². The lowest BCUT2D eigenvalue weighted by Crippen LogP contribution is -2.10. The van der Waals surface area contributed by atoms with Crippen molar-refractivity contribution in [3.63, 3.8) is 0 Å². The van der Waals surface area contributed by atoms with E-state index in [1.807, 2.05) is 0 Å². The van der Waals surface area contributed by atoms with Crippen LogP contribution in [0.25, 0.3) is 0 Å². The van der Waals surface area contributed by atoms with Gasteiger partial charge in [0.05, 0.1) is 17.8 Å². The van der Waals surface area contributed by atoms with E-state index in [0.717, 1.165) is 17.8 Å². The maximum atomic E-state index is 12.6. The normalized spacial score (nSPS) is 11.7. The second-order valence-electron chi connectivity index (χ2n) is 4.27. The van der Waals surface area contributed by atoms with Gasteiger partial charge in [-0.3, -0.25) is 0 Å². The molecule has 2 rings (SSSR count). The van der Waals surface area contributed by atoms with E-state index >= 15 is 0 Å². The predicted molar refractivity (Wildman–Crippen MR) is 67.0 cm³/mol. The molecule has 0 aliphatic heterocycles. The molecular weight excluding hydrogens is 273 g/mol. The molecule has 0 aliphatic carbocycles. The molecule has 0 saturated carbocycles. The molecule has 0 spiro atoms. The number of rotatable bonds is 3. The Morgan fingerprint density at radius 3 is 2.50 bits per heavy atom. The summed E-state index contributed by atoms with van der Waals surface area (Å²) >= 11 is 0. The first kappa shape index (κ1) is 14.2. The summed E-state index contributed by atoms with van der Waals surface area (Å²) in [7, 11) is 0. The second kappa shape index (κ2) is 5.03. The fourth-order valence-electron chi connectivity index (χ4n) is 1.59. The van der Waals surface area contributed by atoms with Crippen LogP contribution in [0.3, 0.4) is 0 Å². The van der Waals surface area contributed by atoms with Gasteiger partial charge in [-0.2, -0.15) is 13.2 Å². The average molecular weight is 286 g/mol. The van der Waals surface area contributed by atoms with Crippen LogP contribution in [0, 0.1) is 13.8 Å². The summed E-state index contributed by atoms with van der Waals surface area (Å²) in [6.45, 7) is 3.66. The summed E-state index contributed by atoms with van der Waals surface area (Å²) < 4.78 is 43.2. The van der Waals surface area contributed by atoms with Crippen molar-refractivity contribution in [1.29, 1.82) is 0 Å². The van der Waals surface area contributed by atoms with Gasteiger partial charge in [0.25, 0.3) is 0 Å². The van der Waals surface area contributed by atoms with Crippen LogP contribution in [0.1, 0.15) is 22.9 Å². The molecule has 0 amide bonds. The number of pyridine rings is 1. The van der Waals surface area contributed by atoms with Gasteiger partial charge in [-0.05, 0) is 26.0 Å². The van der Waals surface area contributed by atoms with Gasteiger partial charge in [0, 0.05) is 0 Å². The van der Waals surface area contributed by atoms with Gasteiger partial charge in [-0.15, -0.1) is 0 Å². The standard InChI is InChI=1S/C12H13F3N4O/c1-6-7(2)20-11(18-6)5-17-10-4-8(12(13,14)15)3-9(16)19-10/h3-4H,5H2,1-2H3,(H3,16,17,19). The highest BCUT2D eigenvalue weighted by atomic mass is 19.4. The van der Waals surface area contributed by atoms with Gasteiger partial charge >= 0.3 is 6.18 Å². The Bertz CT molecular complexity index is 602. The third-order valence-corrected chi connectivity index (χ3v) is 2.67. The molecule has 2 heterocycles. The highest BCUT2D eigenvalue weighted by Gasteiger charge is 2.31. The predicted octanol–water partition coefficient (Wildman–Crippen LogP) is 2.90. The molecule has 0 atom stereocenters. The van der Waals surface area contributed by atoms with Crippen LogP contribution in [0.15, 0.2) is 16.5 Å². The quantitative estimate of drug-likeness (QED) is 0.907. The maximum absolute atomic E-state index is 12.6. The first-order chi connectivity index (χ1) is 9.25. The molecule has 0 unspecified atom stereocenters. The van der Waals surface area contributed by atoms with E-state index in [2.05, 4.69) is 15.3 Å². The monoisotopic (exact) mass is 286 g/mol. The number of aryl methyl sites for hydroxylation is 2. The van der Waals surface area contributed by atoms with Gasteiger partial charge in [-0.25, -0.2) is 9.97 Å². The Morgan fingerprint density at radius 2 is 1.95 bits per heavy atom. The maximum Gasteiger partial charge on any atom is 0.416 e. The van der Waals surface area contributed by atoms with Crippen molar-refractivity contribution in [3.05, 3.63) is 35.0 Å². The van der Waals surface area contributed by atoms with E-state index in [9.17, 15) is 13.2 Å². The first-order valence-corrected chi connectivity index (χ1v) is 5.77. The van der Waals surface area contributed by atoms with Gasteiger partial charge in [0.15, 0.2) is 0 Å². The van der Waals surface area contributed by atoms with Crippen LogP contribution >= 0.6 is 0 Å². The molecule has 0 radical (unpaired) electrons. The van der Waals surface area contributed by atoms with Crippen molar-refractivity contribution >= 4 is 11.6 Å². The molecule has 8 heteroatoms. The summed E-state index contributed by atoms with van der Waals surface area (Å²) in [5.74, 6) is 0.851. The number of aromatic nitrogens is 2. The van der Waals surface area contributed by atoms with Crippen molar-refractivity contribution in [2.45, 2.75) is 26.6 Å². The summed E-state index contributed by atoms with van der Waals surface area (Å²) in [5, 5.41) is 2.71. The number of oxazole rings is 1. The van der Waals surface area contributed by atoms with Crippen molar-refractivity contribution in [3.8, 4) is 0 Å². The van der Waals surface area contributed by atoms with Crippen molar-refractivity contribution < 1.29 is 17.6 Å². The number of nitrogen functional groups attached to an aromatic ring is 1. The molecule has 0 aliphatic rings. The number of anilines is 2. The number of alkyl halides is 3. The Balaban J connectivity index is 2.15. The zero-order valence-electron chi connectivity index (χ0n) is 10.9. The van der Waals surface area contributed by atoms with E-state index in [0.29, 0.717) is 11.7 Å². The zero-order valence-corrected chi connectivity index (χ0v) is 10.9. The van der Waals surface area contributed by atoms with E-state index in [1.165, 1.54) is 0 Å². The van der Waals surface area contributed by atoms with Crippen LogP contribution in [0.2, 0.25) is 0 Å². The molecule has 0 saturated heterocycles. The fourth-order valence-corrected chi connectivity index (χ4v) is 1.59. The lowest BCUT2D eigenvalue weighted by atomic mass is 10.2. The molecule has 5 nitrogen and oxygen atoms in total. The lowest BCUT2D eigenvalue weighted by Gasteiger charge is -2.10. The van der Waals surface area contributed by atoms with Gasteiger partial charge in [0.1, 0.15) is 17.4 Å². The number of nitrogens with two attached hydrogens (primary N) is 1. The highest BCUT2D eigenvalue weighted by molar-refractivity contribution is 5.47. The summed E-state index contributed by atoms with van der Waals surface area (Å²) in [6, 6.07) is 1.67. The number of hydrogen-bond donors (Lipinski definition) is 2. The molecule has 0 aromatic carbocycles. The third-order valence-electron chi connectivity index (χ3n) is 2.67. The SMILES string of the molecule is Cc1nc(CNc2cc(C(F)(F)F)cc(N)n2)oc1C. The van der Waals surface area contributed by atoms with Crippen molar-refractivity contribution in [1.82, 2.24) is 9.97 Å². The summed E-state index contributed by atoms with van der Waals surface area (Å²) in [4.78, 5) is 7.90. The van der Waals surface area contributed by atoms with Gasteiger partial charge < -0.3 is 15.5 Å².